The van der Waals surface area contributed by atoms with Gasteiger partial charge in [0, 0.05) is 0 Å². The molecule has 1 fully saturated rings. The highest BCUT2D eigenvalue weighted by Crippen LogP contribution is 2.28. The zero-order valence-corrected chi connectivity index (χ0v) is 9.01. The van der Waals surface area contributed by atoms with Gasteiger partial charge in [0.2, 0.25) is 0 Å². The maximum Gasteiger partial charge on any atom is 0.332 e. The van der Waals surface area contributed by atoms with E-state index in [1.807, 2.05) is 0 Å². The standard InChI is InChI=1S/C11H11NO5/c1-5-8(11(16)17-5)12-10(15)6-3-2-4-7(13)9(6)14/h2-5,8,13-14H,1H3,(H,12,15)/t5-,8+/m1/s1. The molecule has 2 atom stereocenters. The lowest BCUT2D eigenvalue weighted by Crippen LogP contribution is -2.58. The number of aromatic hydroxyl groups is 2. The first kappa shape index (κ1) is 11.3. The second-order valence-corrected chi connectivity index (χ2v) is 3.77. The van der Waals surface area contributed by atoms with E-state index in [1.165, 1.54) is 18.2 Å². The molecule has 0 aliphatic carbocycles. The van der Waals surface area contributed by atoms with Gasteiger partial charge >= 0.3 is 5.97 Å². The van der Waals surface area contributed by atoms with Crippen molar-refractivity contribution in [1.29, 1.82) is 0 Å². The predicted molar refractivity (Wildman–Crippen MR) is 56.6 cm³/mol. The number of benzene rings is 1. The van der Waals surface area contributed by atoms with Crippen LogP contribution in [-0.2, 0) is 9.53 Å². The number of carbonyl (C=O) groups is 2. The summed E-state index contributed by atoms with van der Waals surface area (Å²) in [6.45, 7) is 1.65. The van der Waals surface area contributed by atoms with Crippen molar-refractivity contribution in [2.24, 2.45) is 0 Å². The average Bonchev–Trinajstić information content (AvgIpc) is 2.29. The third-order valence-corrected chi connectivity index (χ3v) is 2.57. The van der Waals surface area contributed by atoms with Crippen LogP contribution in [0.15, 0.2) is 18.2 Å². The molecule has 0 unspecified atom stereocenters. The van der Waals surface area contributed by atoms with Crippen LogP contribution in [0, 0.1) is 0 Å². The molecule has 1 saturated heterocycles. The third kappa shape index (κ3) is 1.89. The van der Waals surface area contributed by atoms with Gasteiger partial charge in [0.1, 0.15) is 6.10 Å². The van der Waals surface area contributed by atoms with Gasteiger partial charge in [0.15, 0.2) is 17.5 Å². The van der Waals surface area contributed by atoms with Crippen molar-refractivity contribution in [3.8, 4) is 11.5 Å². The highest BCUT2D eigenvalue weighted by Gasteiger charge is 2.40. The summed E-state index contributed by atoms with van der Waals surface area (Å²) < 4.78 is 4.68. The molecule has 1 aliphatic heterocycles. The molecule has 0 aromatic heterocycles. The highest BCUT2D eigenvalue weighted by atomic mass is 16.6. The number of cyclic esters (lactones) is 1. The van der Waals surface area contributed by atoms with Gasteiger partial charge in [-0.3, -0.25) is 4.79 Å². The van der Waals surface area contributed by atoms with Crippen LogP contribution in [-0.4, -0.2) is 34.2 Å². The number of amides is 1. The molecule has 90 valence electrons. The van der Waals surface area contributed by atoms with E-state index >= 15 is 0 Å². The zero-order chi connectivity index (χ0) is 12.6. The summed E-state index contributed by atoms with van der Waals surface area (Å²) >= 11 is 0. The first-order valence-corrected chi connectivity index (χ1v) is 5.03. The lowest BCUT2D eigenvalue weighted by molar-refractivity contribution is -0.173. The zero-order valence-electron chi connectivity index (χ0n) is 9.01. The Kier molecular flexibility index (Phi) is 2.63. The summed E-state index contributed by atoms with van der Waals surface area (Å²) in [6.07, 6.45) is -0.383. The van der Waals surface area contributed by atoms with Crippen LogP contribution in [0.25, 0.3) is 0 Å². The summed E-state index contributed by atoms with van der Waals surface area (Å²) in [5.41, 5.74) is -0.0862. The van der Waals surface area contributed by atoms with Crippen molar-refractivity contribution < 1.29 is 24.5 Å². The Morgan fingerprint density at radius 1 is 1.41 bits per heavy atom. The highest BCUT2D eigenvalue weighted by molar-refractivity contribution is 6.00. The summed E-state index contributed by atoms with van der Waals surface area (Å²) in [6, 6.07) is 3.32. The topological polar surface area (TPSA) is 95.9 Å². The molecule has 0 spiro atoms. The van der Waals surface area contributed by atoms with E-state index in [2.05, 4.69) is 10.1 Å². The van der Waals surface area contributed by atoms with E-state index in [4.69, 9.17) is 0 Å². The van der Waals surface area contributed by atoms with Gasteiger partial charge in [-0.15, -0.1) is 0 Å². The Labute approximate surface area is 96.8 Å². The first-order chi connectivity index (χ1) is 8.00. The second kappa shape index (κ2) is 3.97. The Morgan fingerprint density at radius 2 is 2.12 bits per heavy atom. The molecule has 6 heteroatoms. The van der Waals surface area contributed by atoms with Gasteiger partial charge in [-0.2, -0.15) is 0 Å². The Morgan fingerprint density at radius 3 is 2.71 bits per heavy atom. The Bertz CT molecular complexity index is 485. The fraction of sp³-hybridized carbons (Fsp3) is 0.273. The number of phenols is 2. The van der Waals surface area contributed by atoms with E-state index in [-0.39, 0.29) is 17.4 Å². The molecule has 17 heavy (non-hydrogen) atoms. The van der Waals surface area contributed by atoms with Crippen LogP contribution in [0.1, 0.15) is 17.3 Å². The molecule has 0 bridgehead atoms. The number of para-hydroxylation sites is 1. The van der Waals surface area contributed by atoms with Gasteiger partial charge in [-0.1, -0.05) is 6.07 Å². The molecule has 0 saturated carbocycles. The molecule has 1 amide bonds. The quantitative estimate of drug-likeness (QED) is 0.502. The Balaban J connectivity index is 2.15. The van der Waals surface area contributed by atoms with Crippen molar-refractivity contribution in [2.45, 2.75) is 19.1 Å². The normalized spacial score (nSPS) is 22.5. The third-order valence-electron chi connectivity index (χ3n) is 2.57. The van der Waals surface area contributed by atoms with E-state index < -0.39 is 23.7 Å². The Hall–Kier alpha value is -2.24. The molecular weight excluding hydrogens is 226 g/mol. The smallest absolute Gasteiger partial charge is 0.332 e. The van der Waals surface area contributed by atoms with Gasteiger partial charge in [-0.05, 0) is 19.1 Å². The molecule has 1 heterocycles. The number of carbonyl (C=O) groups excluding carboxylic acids is 2. The number of phenolic OH excluding ortho intramolecular Hbond substituents is 2. The second-order valence-electron chi connectivity index (χ2n) is 3.77. The maximum absolute atomic E-state index is 11.7. The van der Waals surface area contributed by atoms with Crippen LogP contribution < -0.4 is 5.32 Å². The molecule has 1 aromatic carbocycles. The molecule has 1 aliphatic rings. The van der Waals surface area contributed by atoms with Crippen molar-refractivity contribution in [3.63, 3.8) is 0 Å². The van der Waals surface area contributed by atoms with Crippen LogP contribution in [0.3, 0.4) is 0 Å². The van der Waals surface area contributed by atoms with Gasteiger partial charge in [0.25, 0.3) is 5.91 Å². The van der Waals surface area contributed by atoms with Gasteiger partial charge in [0.05, 0.1) is 5.56 Å². The predicted octanol–water partition coefficient (Wildman–Crippen LogP) is 0.141. The van der Waals surface area contributed by atoms with Crippen LogP contribution in [0.5, 0.6) is 11.5 Å². The summed E-state index contributed by atoms with van der Waals surface area (Å²) in [5.74, 6) is -2.04. The van der Waals surface area contributed by atoms with E-state index in [9.17, 15) is 19.8 Å². The summed E-state index contributed by atoms with van der Waals surface area (Å²) in [4.78, 5) is 22.7. The fourth-order valence-electron chi connectivity index (χ4n) is 1.55. The van der Waals surface area contributed by atoms with Crippen molar-refractivity contribution in [3.05, 3.63) is 23.8 Å². The van der Waals surface area contributed by atoms with Crippen molar-refractivity contribution in [1.82, 2.24) is 5.32 Å². The van der Waals surface area contributed by atoms with Gasteiger partial charge in [-0.25, -0.2) is 4.79 Å². The monoisotopic (exact) mass is 237 g/mol. The summed E-state index contributed by atoms with van der Waals surface area (Å²) in [5, 5.41) is 21.1. The molecule has 2 rings (SSSR count). The molecular formula is C11H11NO5. The number of hydrogen-bond acceptors (Lipinski definition) is 5. The van der Waals surface area contributed by atoms with Crippen molar-refractivity contribution in [2.75, 3.05) is 0 Å². The van der Waals surface area contributed by atoms with E-state index in [0.717, 1.165) is 0 Å². The maximum atomic E-state index is 11.7. The number of rotatable bonds is 2. The van der Waals surface area contributed by atoms with Crippen molar-refractivity contribution >= 4 is 11.9 Å². The van der Waals surface area contributed by atoms with Crippen LogP contribution in [0.2, 0.25) is 0 Å². The minimum atomic E-state index is -0.704. The summed E-state index contributed by atoms with van der Waals surface area (Å²) in [7, 11) is 0. The van der Waals surface area contributed by atoms with E-state index in [0.29, 0.717) is 0 Å². The van der Waals surface area contributed by atoms with E-state index in [1.54, 1.807) is 6.92 Å². The number of hydrogen-bond donors (Lipinski definition) is 3. The number of nitrogens with one attached hydrogen (secondary N) is 1. The minimum Gasteiger partial charge on any atom is -0.504 e. The van der Waals surface area contributed by atoms with Gasteiger partial charge < -0.3 is 20.3 Å². The van der Waals surface area contributed by atoms with Crippen LogP contribution in [0.4, 0.5) is 0 Å². The molecule has 6 nitrogen and oxygen atoms in total. The van der Waals surface area contributed by atoms with Crippen LogP contribution >= 0.6 is 0 Å². The molecule has 0 radical (unpaired) electrons. The number of ether oxygens (including phenoxy) is 1. The minimum absolute atomic E-state index is 0.0862. The number of esters is 1. The lowest BCUT2D eigenvalue weighted by atomic mass is 10.1. The largest absolute Gasteiger partial charge is 0.504 e. The SMILES string of the molecule is C[C@H]1OC(=O)[C@H]1NC(=O)c1cccc(O)c1O. The molecule has 3 N–H and O–H groups in total. The lowest BCUT2D eigenvalue weighted by Gasteiger charge is -2.32. The fourth-order valence-corrected chi connectivity index (χ4v) is 1.55. The molecule has 1 aromatic rings. The average molecular weight is 237 g/mol. The first-order valence-electron chi connectivity index (χ1n) is 5.03.